The maximum Gasteiger partial charge on any atom is 0.302 e. The summed E-state index contributed by atoms with van der Waals surface area (Å²) in [6.07, 6.45) is 2.49. The Labute approximate surface area is 61.0 Å². The quantitative estimate of drug-likeness (QED) is 0.556. The molecule has 0 amide bonds. The maximum absolute atomic E-state index is 10.2. The molecule has 0 spiro atoms. The average Bonchev–Trinajstić information content (AvgIpc) is 2.41. The van der Waals surface area contributed by atoms with Gasteiger partial charge in [0.25, 0.3) is 0 Å². The topological polar surface area (TPSA) is 26.3 Å². The molecule has 0 aliphatic heterocycles. The van der Waals surface area contributed by atoms with Gasteiger partial charge in [-0.05, 0) is 18.8 Å². The van der Waals surface area contributed by atoms with Crippen LogP contribution in [0.1, 0.15) is 19.8 Å². The summed E-state index contributed by atoms with van der Waals surface area (Å²) in [5.41, 5.74) is 0. The van der Waals surface area contributed by atoms with E-state index in [4.69, 9.17) is 4.74 Å². The van der Waals surface area contributed by atoms with Gasteiger partial charge in [-0.1, -0.05) is 0 Å². The van der Waals surface area contributed by atoms with Gasteiger partial charge in [0, 0.05) is 6.92 Å². The highest BCUT2D eigenvalue weighted by atomic mass is 35.5. The lowest BCUT2D eigenvalue weighted by molar-refractivity contribution is -0.141. The second-order valence-electron chi connectivity index (χ2n) is 2.25. The van der Waals surface area contributed by atoms with E-state index in [0.29, 0.717) is 12.5 Å². The molecular weight excluding hydrogens is 140 g/mol. The zero-order valence-corrected chi connectivity index (χ0v) is 6.24. The molecule has 2 nitrogen and oxygen atoms in total. The number of rotatable bonds is 2. The van der Waals surface area contributed by atoms with Crippen LogP contribution in [0.2, 0.25) is 0 Å². The van der Waals surface area contributed by atoms with Crippen LogP contribution in [-0.2, 0) is 9.53 Å². The molecule has 0 atom stereocenters. The Bertz CT molecular complexity index is 99.2. The number of carbonyl (C=O) groups is 1. The summed E-state index contributed by atoms with van der Waals surface area (Å²) in [7, 11) is 0. The van der Waals surface area contributed by atoms with E-state index < -0.39 is 0 Å². The highest BCUT2D eigenvalue weighted by Gasteiger charge is 2.21. The van der Waals surface area contributed by atoms with E-state index in [2.05, 4.69) is 0 Å². The van der Waals surface area contributed by atoms with E-state index >= 15 is 0 Å². The molecule has 0 radical (unpaired) electrons. The molecule has 1 aliphatic carbocycles. The summed E-state index contributed by atoms with van der Waals surface area (Å²) in [6.45, 7) is 2.09. The molecular formula is C6H11ClO2. The Morgan fingerprint density at radius 1 is 1.67 bits per heavy atom. The molecule has 0 saturated heterocycles. The van der Waals surface area contributed by atoms with Crippen LogP contribution in [0.25, 0.3) is 0 Å². The van der Waals surface area contributed by atoms with Gasteiger partial charge in [0.05, 0.1) is 6.61 Å². The SMILES string of the molecule is CC(=O)OCC1CC1.Cl. The van der Waals surface area contributed by atoms with Crippen molar-refractivity contribution in [1.82, 2.24) is 0 Å². The summed E-state index contributed by atoms with van der Waals surface area (Å²) < 4.78 is 4.73. The zero-order valence-electron chi connectivity index (χ0n) is 5.42. The standard InChI is InChI=1S/C6H10O2.ClH/c1-5(7)8-4-6-2-3-6;/h6H,2-4H2,1H3;1H. The predicted molar refractivity (Wildman–Crippen MR) is 36.6 cm³/mol. The van der Waals surface area contributed by atoms with Crippen molar-refractivity contribution in [2.45, 2.75) is 19.8 Å². The Morgan fingerprint density at radius 3 is 2.56 bits per heavy atom. The van der Waals surface area contributed by atoms with Gasteiger partial charge in [-0.25, -0.2) is 0 Å². The minimum Gasteiger partial charge on any atom is -0.466 e. The summed E-state index contributed by atoms with van der Waals surface area (Å²) in [5, 5.41) is 0. The van der Waals surface area contributed by atoms with E-state index in [1.165, 1.54) is 19.8 Å². The molecule has 1 fully saturated rings. The molecule has 9 heavy (non-hydrogen) atoms. The molecule has 1 rings (SSSR count). The van der Waals surface area contributed by atoms with Gasteiger partial charge in [0.2, 0.25) is 0 Å². The van der Waals surface area contributed by atoms with Gasteiger partial charge in [0.1, 0.15) is 0 Å². The molecule has 3 heteroatoms. The lowest BCUT2D eigenvalue weighted by Gasteiger charge is -1.95. The minimum atomic E-state index is -0.156. The molecule has 0 unspecified atom stereocenters. The summed E-state index contributed by atoms with van der Waals surface area (Å²) >= 11 is 0. The third-order valence-corrected chi connectivity index (χ3v) is 1.22. The van der Waals surface area contributed by atoms with Crippen molar-refractivity contribution in [3.63, 3.8) is 0 Å². The lowest BCUT2D eigenvalue weighted by atomic mass is 10.5. The van der Waals surface area contributed by atoms with Crippen molar-refractivity contribution in [2.75, 3.05) is 6.61 Å². The van der Waals surface area contributed by atoms with E-state index in [-0.39, 0.29) is 18.4 Å². The number of halogens is 1. The molecule has 0 aromatic heterocycles. The molecule has 1 saturated carbocycles. The van der Waals surface area contributed by atoms with Gasteiger partial charge in [-0.15, -0.1) is 12.4 Å². The molecule has 54 valence electrons. The van der Waals surface area contributed by atoms with Crippen molar-refractivity contribution in [2.24, 2.45) is 5.92 Å². The van der Waals surface area contributed by atoms with E-state index in [0.717, 1.165) is 0 Å². The van der Waals surface area contributed by atoms with Crippen LogP contribution in [0, 0.1) is 5.92 Å². The van der Waals surface area contributed by atoms with Crippen molar-refractivity contribution >= 4 is 18.4 Å². The van der Waals surface area contributed by atoms with Crippen LogP contribution in [0.4, 0.5) is 0 Å². The third kappa shape index (κ3) is 4.28. The third-order valence-electron chi connectivity index (χ3n) is 1.22. The molecule has 0 aromatic rings. The van der Waals surface area contributed by atoms with E-state index in [1.54, 1.807) is 0 Å². The van der Waals surface area contributed by atoms with Crippen molar-refractivity contribution in [1.29, 1.82) is 0 Å². The van der Waals surface area contributed by atoms with Gasteiger partial charge >= 0.3 is 5.97 Å². The first-order chi connectivity index (χ1) is 3.79. The molecule has 0 heterocycles. The van der Waals surface area contributed by atoms with Gasteiger partial charge in [-0.3, -0.25) is 4.79 Å². The second kappa shape index (κ2) is 3.72. The molecule has 0 aromatic carbocycles. The van der Waals surface area contributed by atoms with Gasteiger partial charge in [-0.2, -0.15) is 0 Å². The van der Waals surface area contributed by atoms with Crippen molar-refractivity contribution in [3.8, 4) is 0 Å². The lowest BCUT2D eigenvalue weighted by Crippen LogP contribution is -2.01. The predicted octanol–water partition coefficient (Wildman–Crippen LogP) is 1.38. The Morgan fingerprint density at radius 2 is 2.22 bits per heavy atom. The van der Waals surface area contributed by atoms with Crippen LogP contribution < -0.4 is 0 Å². The smallest absolute Gasteiger partial charge is 0.302 e. The van der Waals surface area contributed by atoms with Crippen LogP contribution >= 0.6 is 12.4 Å². The first kappa shape index (κ1) is 8.76. The van der Waals surface area contributed by atoms with Crippen molar-refractivity contribution < 1.29 is 9.53 Å². The first-order valence-corrected chi connectivity index (χ1v) is 2.92. The van der Waals surface area contributed by atoms with Crippen molar-refractivity contribution in [3.05, 3.63) is 0 Å². The number of esters is 1. The largest absolute Gasteiger partial charge is 0.466 e. The first-order valence-electron chi connectivity index (χ1n) is 2.92. The summed E-state index contributed by atoms with van der Waals surface area (Å²) in [4.78, 5) is 10.2. The average molecular weight is 151 g/mol. The normalized spacial score (nSPS) is 16.1. The minimum absolute atomic E-state index is 0. The van der Waals surface area contributed by atoms with Gasteiger partial charge < -0.3 is 4.74 Å². The monoisotopic (exact) mass is 150 g/mol. The number of hydrogen-bond donors (Lipinski definition) is 0. The Hall–Kier alpha value is -0.240. The molecule has 0 N–H and O–H groups in total. The molecule has 1 aliphatic rings. The summed E-state index contributed by atoms with van der Waals surface area (Å²) in [6, 6.07) is 0. The Balaban J connectivity index is 0.000000640. The van der Waals surface area contributed by atoms with Gasteiger partial charge in [0.15, 0.2) is 0 Å². The maximum atomic E-state index is 10.2. The van der Waals surface area contributed by atoms with Crippen LogP contribution in [0.3, 0.4) is 0 Å². The number of carbonyl (C=O) groups excluding carboxylic acids is 1. The number of ether oxygens (including phenoxy) is 1. The van der Waals surface area contributed by atoms with E-state index in [9.17, 15) is 4.79 Å². The zero-order chi connectivity index (χ0) is 5.98. The number of hydrogen-bond acceptors (Lipinski definition) is 2. The highest BCUT2D eigenvalue weighted by Crippen LogP contribution is 2.28. The Kier molecular flexibility index (Phi) is 3.62. The highest BCUT2D eigenvalue weighted by molar-refractivity contribution is 5.85. The van der Waals surface area contributed by atoms with Crippen LogP contribution in [0.5, 0.6) is 0 Å². The summed E-state index contributed by atoms with van der Waals surface area (Å²) in [5.74, 6) is 0.538. The fraction of sp³-hybridized carbons (Fsp3) is 0.833. The van der Waals surface area contributed by atoms with Crippen LogP contribution in [0.15, 0.2) is 0 Å². The molecule has 0 bridgehead atoms. The fourth-order valence-corrected chi connectivity index (χ4v) is 0.520. The second-order valence-corrected chi connectivity index (χ2v) is 2.25. The van der Waals surface area contributed by atoms with Crippen LogP contribution in [-0.4, -0.2) is 12.6 Å². The fourth-order valence-electron chi connectivity index (χ4n) is 0.520. The van der Waals surface area contributed by atoms with E-state index in [1.807, 2.05) is 0 Å².